The lowest BCUT2D eigenvalue weighted by molar-refractivity contribution is 0.0690. The molecule has 0 spiro atoms. The topological polar surface area (TPSA) is 91.8 Å². The van der Waals surface area contributed by atoms with Gasteiger partial charge in [-0.1, -0.05) is 18.2 Å². The van der Waals surface area contributed by atoms with E-state index in [1.807, 2.05) is 36.4 Å². The van der Waals surface area contributed by atoms with Gasteiger partial charge in [0.15, 0.2) is 0 Å². The number of hydrogen-bond donors (Lipinski definition) is 2. The van der Waals surface area contributed by atoms with Gasteiger partial charge in [0, 0.05) is 28.9 Å². The highest BCUT2D eigenvalue weighted by atomic mass is 16.4. The summed E-state index contributed by atoms with van der Waals surface area (Å²) >= 11 is 0. The maximum absolute atomic E-state index is 11.0. The summed E-state index contributed by atoms with van der Waals surface area (Å²) in [7, 11) is 0. The summed E-state index contributed by atoms with van der Waals surface area (Å²) in [5.74, 6) is -1.04. The van der Waals surface area contributed by atoms with Gasteiger partial charge in [-0.15, -0.1) is 0 Å². The summed E-state index contributed by atoms with van der Waals surface area (Å²) in [6.45, 7) is 0. The van der Waals surface area contributed by atoms with Gasteiger partial charge in [-0.3, -0.25) is 15.1 Å². The maximum atomic E-state index is 11.0. The minimum Gasteiger partial charge on any atom is -0.477 e. The molecule has 0 fully saturated rings. The summed E-state index contributed by atoms with van der Waals surface area (Å²) in [4.78, 5) is 19.8. The van der Waals surface area contributed by atoms with E-state index in [4.69, 9.17) is 5.11 Å². The standard InChI is InChI=1S/C18H12N4O2/c23-18(24)17-9-16(21-22-17)12-5-6-19-15(8-12)13-7-11-3-1-2-4-14(11)20-10-13/h1-10H,(H,21,22)(H,23,24). The predicted octanol–water partition coefficient (Wildman–Crippen LogP) is 3.39. The average Bonchev–Trinajstić information content (AvgIpc) is 3.12. The van der Waals surface area contributed by atoms with Crippen molar-refractivity contribution < 1.29 is 9.90 Å². The average molecular weight is 316 g/mol. The SMILES string of the molecule is O=C(O)c1cc(-c2ccnc(-c3cnc4ccccc4c3)c2)n[nH]1. The monoisotopic (exact) mass is 316 g/mol. The van der Waals surface area contributed by atoms with Crippen LogP contribution < -0.4 is 0 Å². The molecule has 4 rings (SSSR count). The molecule has 1 aromatic carbocycles. The van der Waals surface area contributed by atoms with Crippen molar-refractivity contribution in [3.8, 4) is 22.5 Å². The molecule has 24 heavy (non-hydrogen) atoms. The first-order valence-corrected chi connectivity index (χ1v) is 7.31. The van der Waals surface area contributed by atoms with Crippen LogP contribution >= 0.6 is 0 Å². The molecular formula is C18H12N4O2. The molecule has 0 aliphatic rings. The molecule has 6 heteroatoms. The number of carboxylic acid groups (broad SMARTS) is 1. The first-order valence-electron chi connectivity index (χ1n) is 7.31. The van der Waals surface area contributed by atoms with Crippen LogP contribution in [0.15, 0.2) is 60.9 Å². The molecule has 0 amide bonds. The Kier molecular flexibility index (Phi) is 3.28. The number of aromatic nitrogens is 4. The molecule has 0 saturated heterocycles. The Bertz CT molecular complexity index is 1060. The Morgan fingerprint density at radius 2 is 1.83 bits per heavy atom. The molecular weight excluding hydrogens is 304 g/mol. The van der Waals surface area contributed by atoms with Crippen LogP contribution in [-0.4, -0.2) is 31.2 Å². The summed E-state index contributed by atoms with van der Waals surface area (Å²) in [5, 5.41) is 16.6. The van der Waals surface area contributed by atoms with E-state index in [9.17, 15) is 4.79 Å². The minimum absolute atomic E-state index is 0.0516. The fourth-order valence-corrected chi connectivity index (χ4v) is 2.54. The number of nitrogens with one attached hydrogen (secondary N) is 1. The zero-order valence-corrected chi connectivity index (χ0v) is 12.5. The fourth-order valence-electron chi connectivity index (χ4n) is 2.54. The van der Waals surface area contributed by atoms with E-state index in [2.05, 4.69) is 20.2 Å². The van der Waals surface area contributed by atoms with Crippen molar-refractivity contribution in [1.82, 2.24) is 20.2 Å². The van der Waals surface area contributed by atoms with Crippen molar-refractivity contribution in [2.45, 2.75) is 0 Å². The molecule has 0 aliphatic heterocycles. The van der Waals surface area contributed by atoms with Gasteiger partial charge in [0.25, 0.3) is 0 Å². The molecule has 3 heterocycles. The van der Waals surface area contributed by atoms with Crippen LogP contribution in [0.1, 0.15) is 10.5 Å². The van der Waals surface area contributed by atoms with E-state index in [1.54, 1.807) is 18.5 Å². The van der Waals surface area contributed by atoms with E-state index in [0.29, 0.717) is 5.69 Å². The lowest BCUT2D eigenvalue weighted by Gasteiger charge is -2.04. The smallest absolute Gasteiger partial charge is 0.353 e. The van der Waals surface area contributed by atoms with E-state index < -0.39 is 5.97 Å². The number of nitrogens with zero attached hydrogens (tertiary/aromatic N) is 3. The van der Waals surface area contributed by atoms with Crippen molar-refractivity contribution in [3.05, 3.63) is 66.6 Å². The van der Waals surface area contributed by atoms with Crippen LogP contribution in [-0.2, 0) is 0 Å². The molecule has 4 aromatic rings. The van der Waals surface area contributed by atoms with E-state index >= 15 is 0 Å². The number of aromatic amines is 1. The van der Waals surface area contributed by atoms with Gasteiger partial charge >= 0.3 is 5.97 Å². The number of pyridine rings is 2. The van der Waals surface area contributed by atoms with Crippen LogP contribution in [0.5, 0.6) is 0 Å². The summed E-state index contributed by atoms with van der Waals surface area (Å²) in [6.07, 6.45) is 3.46. The molecule has 116 valence electrons. The van der Waals surface area contributed by atoms with Crippen molar-refractivity contribution in [1.29, 1.82) is 0 Å². The van der Waals surface area contributed by atoms with Crippen molar-refractivity contribution in [2.75, 3.05) is 0 Å². The van der Waals surface area contributed by atoms with Crippen molar-refractivity contribution in [2.24, 2.45) is 0 Å². The Morgan fingerprint density at radius 3 is 2.67 bits per heavy atom. The molecule has 0 unspecified atom stereocenters. The van der Waals surface area contributed by atoms with Crippen LogP contribution in [0.4, 0.5) is 0 Å². The number of hydrogen-bond acceptors (Lipinski definition) is 4. The van der Waals surface area contributed by atoms with Crippen LogP contribution in [0, 0.1) is 0 Å². The van der Waals surface area contributed by atoms with Crippen molar-refractivity contribution in [3.63, 3.8) is 0 Å². The third-order valence-corrected chi connectivity index (χ3v) is 3.75. The van der Waals surface area contributed by atoms with Gasteiger partial charge in [0.05, 0.1) is 16.9 Å². The first kappa shape index (κ1) is 14.1. The zero-order chi connectivity index (χ0) is 16.5. The van der Waals surface area contributed by atoms with E-state index in [0.717, 1.165) is 27.7 Å². The van der Waals surface area contributed by atoms with Gasteiger partial charge in [-0.2, -0.15) is 5.10 Å². The molecule has 0 aliphatic carbocycles. The summed E-state index contributed by atoms with van der Waals surface area (Å²) in [5.41, 5.74) is 3.98. The number of benzene rings is 1. The second-order valence-corrected chi connectivity index (χ2v) is 5.32. The molecule has 0 radical (unpaired) electrons. The van der Waals surface area contributed by atoms with Gasteiger partial charge < -0.3 is 5.11 Å². The van der Waals surface area contributed by atoms with E-state index in [1.165, 1.54) is 6.07 Å². The number of carbonyl (C=O) groups is 1. The highest BCUT2D eigenvalue weighted by molar-refractivity contribution is 5.87. The number of carboxylic acids is 1. The second kappa shape index (κ2) is 5.58. The Morgan fingerprint density at radius 1 is 0.958 bits per heavy atom. The molecule has 0 saturated carbocycles. The van der Waals surface area contributed by atoms with E-state index in [-0.39, 0.29) is 5.69 Å². The molecule has 2 N–H and O–H groups in total. The molecule has 0 bridgehead atoms. The largest absolute Gasteiger partial charge is 0.477 e. The van der Waals surface area contributed by atoms with Gasteiger partial charge in [-0.25, -0.2) is 4.79 Å². The first-order chi connectivity index (χ1) is 11.7. The lowest BCUT2D eigenvalue weighted by Crippen LogP contribution is -1.95. The minimum atomic E-state index is -1.04. The normalized spacial score (nSPS) is 10.8. The fraction of sp³-hybridized carbons (Fsp3) is 0. The number of fused-ring (bicyclic) bond motifs is 1. The predicted molar refractivity (Wildman–Crippen MR) is 89.5 cm³/mol. The Balaban J connectivity index is 1.76. The van der Waals surface area contributed by atoms with Gasteiger partial charge in [-0.05, 0) is 30.3 Å². The summed E-state index contributed by atoms with van der Waals surface area (Å²) in [6, 6.07) is 15.1. The quantitative estimate of drug-likeness (QED) is 0.604. The lowest BCUT2D eigenvalue weighted by atomic mass is 10.1. The molecule has 6 nitrogen and oxygen atoms in total. The van der Waals surface area contributed by atoms with Gasteiger partial charge in [0.1, 0.15) is 5.69 Å². The number of para-hydroxylation sites is 1. The third-order valence-electron chi connectivity index (χ3n) is 3.75. The van der Waals surface area contributed by atoms with Crippen molar-refractivity contribution >= 4 is 16.9 Å². The molecule has 3 aromatic heterocycles. The van der Waals surface area contributed by atoms with Crippen LogP contribution in [0.25, 0.3) is 33.4 Å². The number of aromatic carboxylic acids is 1. The van der Waals surface area contributed by atoms with Gasteiger partial charge in [0.2, 0.25) is 0 Å². The highest BCUT2D eigenvalue weighted by Crippen LogP contribution is 2.25. The Labute approximate surface area is 136 Å². The Hall–Kier alpha value is -3.54. The summed E-state index contributed by atoms with van der Waals surface area (Å²) < 4.78 is 0. The zero-order valence-electron chi connectivity index (χ0n) is 12.5. The number of H-pyrrole nitrogens is 1. The molecule has 0 atom stereocenters. The highest BCUT2D eigenvalue weighted by Gasteiger charge is 2.10. The maximum Gasteiger partial charge on any atom is 0.353 e. The second-order valence-electron chi connectivity index (χ2n) is 5.32. The van der Waals surface area contributed by atoms with Crippen LogP contribution in [0.3, 0.4) is 0 Å². The van der Waals surface area contributed by atoms with Crippen LogP contribution in [0.2, 0.25) is 0 Å². The third kappa shape index (κ3) is 2.50. The number of rotatable bonds is 3.